The van der Waals surface area contributed by atoms with Crippen LogP contribution >= 0.6 is 11.5 Å². The molecule has 2 amide bonds. The molecule has 27 heavy (non-hydrogen) atoms. The van der Waals surface area contributed by atoms with Crippen molar-refractivity contribution in [2.75, 3.05) is 25.1 Å². The third-order valence-corrected chi connectivity index (χ3v) is 4.76. The van der Waals surface area contributed by atoms with Crippen LogP contribution in [0.2, 0.25) is 0 Å². The minimum atomic E-state index is -0.290. The smallest absolute Gasteiger partial charge is 0.276 e. The maximum absolute atomic E-state index is 12.6. The minimum Gasteiger partial charge on any atom is -0.382 e. The zero-order chi connectivity index (χ0) is 19.1. The van der Waals surface area contributed by atoms with E-state index in [-0.39, 0.29) is 11.8 Å². The summed E-state index contributed by atoms with van der Waals surface area (Å²) in [4.78, 5) is 24.8. The molecule has 0 radical (unpaired) electrons. The van der Waals surface area contributed by atoms with Crippen molar-refractivity contribution in [3.05, 3.63) is 59.8 Å². The number of anilines is 1. The predicted octanol–water partition coefficient (Wildman–Crippen LogP) is 3.71. The summed E-state index contributed by atoms with van der Waals surface area (Å²) >= 11 is 1.29. The summed E-state index contributed by atoms with van der Waals surface area (Å²) in [5.41, 5.74) is 1.44. The first-order chi connectivity index (χ1) is 13.2. The predicted molar refractivity (Wildman–Crippen MR) is 107 cm³/mol. The summed E-state index contributed by atoms with van der Waals surface area (Å²) in [6.07, 6.45) is 0.757. The molecule has 0 spiro atoms. The molecule has 0 atom stereocenters. The lowest BCUT2D eigenvalue weighted by molar-refractivity contribution is 0.0943. The third kappa shape index (κ3) is 4.90. The Kier molecular flexibility index (Phi) is 6.51. The molecule has 140 valence electrons. The molecule has 6 nitrogen and oxygen atoms in total. The second-order valence-electron chi connectivity index (χ2n) is 5.87. The maximum Gasteiger partial charge on any atom is 0.276 e. The normalized spacial score (nSPS) is 10.7. The fourth-order valence-corrected chi connectivity index (χ4v) is 3.37. The Bertz CT molecular complexity index is 939. The second-order valence-corrected chi connectivity index (χ2v) is 6.67. The quantitative estimate of drug-likeness (QED) is 0.581. The first kappa shape index (κ1) is 19.0. The van der Waals surface area contributed by atoms with E-state index >= 15 is 0 Å². The van der Waals surface area contributed by atoms with Gasteiger partial charge in [0.1, 0.15) is 5.69 Å². The van der Waals surface area contributed by atoms with Crippen LogP contribution in [-0.4, -0.2) is 35.9 Å². The van der Waals surface area contributed by atoms with Gasteiger partial charge in [-0.25, -0.2) is 0 Å². The van der Waals surface area contributed by atoms with Gasteiger partial charge < -0.3 is 15.4 Å². The lowest BCUT2D eigenvalue weighted by Gasteiger charge is -2.08. The first-order valence-electron chi connectivity index (χ1n) is 8.81. The van der Waals surface area contributed by atoms with E-state index < -0.39 is 0 Å². The number of aromatic nitrogens is 1. The molecular weight excluding hydrogens is 362 g/mol. The van der Waals surface area contributed by atoms with Gasteiger partial charge in [-0.3, -0.25) is 9.59 Å². The number of benzene rings is 2. The van der Waals surface area contributed by atoms with E-state index in [0.29, 0.717) is 36.7 Å². The highest BCUT2D eigenvalue weighted by atomic mass is 32.1. The fourth-order valence-electron chi connectivity index (χ4n) is 2.60. The molecule has 0 aliphatic rings. The Morgan fingerprint density at radius 1 is 1.11 bits per heavy atom. The molecule has 0 saturated heterocycles. The number of fused-ring (bicyclic) bond motifs is 1. The van der Waals surface area contributed by atoms with Crippen LogP contribution in [0.5, 0.6) is 0 Å². The zero-order valence-corrected chi connectivity index (χ0v) is 15.8. The summed E-state index contributed by atoms with van der Waals surface area (Å²) in [5, 5.41) is 6.49. The molecule has 2 aromatic carbocycles. The van der Waals surface area contributed by atoms with E-state index in [4.69, 9.17) is 4.74 Å². The van der Waals surface area contributed by atoms with Gasteiger partial charge in [0.2, 0.25) is 0 Å². The summed E-state index contributed by atoms with van der Waals surface area (Å²) in [6, 6.07) is 14.5. The summed E-state index contributed by atoms with van der Waals surface area (Å²) in [6.45, 7) is 3.77. The Morgan fingerprint density at radius 2 is 1.96 bits per heavy atom. The number of ether oxygens (including phenoxy) is 1. The average Bonchev–Trinajstić information content (AvgIpc) is 3.12. The van der Waals surface area contributed by atoms with Crippen molar-refractivity contribution in [1.82, 2.24) is 9.69 Å². The standard InChI is InChI=1S/C20H21N3O3S/c1-2-26-12-6-11-21-19(24)14-7-5-8-15(13-14)22-20(25)18-16-9-3-4-10-17(16)27-23-18/h3-5,7-10,13H,2,6,11-12H2,1H3,(H,21,24)(H,22,25). The largest absolute Gasteiger partial charge is 0.382 e. The molecule has 1 heterocycles. The Hall–Kier alpha value is -2.77. The van der Waals surface area contributed by atoms with Gasteiger partial charge in [0.05, 0.1) is 4.70 Å². The Balaban J connectivity index is 1.63. The van der Waals surface area contributed by atoms with Crippen LogP contribution in [0.25, 0.3) is 10.1 Å². The van der Waals surface area contributed by atoms with E-state index in [9.17, 15) is 9.59 Å². The van der Waals surface area contributed by atoms with Crippen molar-refractivity contribution in [3.8, 4) is 0 Å². The molecule has 0 aliphatic heterocycles. The molecule has 7 heteroatoms. The van der Waals surface area contributed by atoms with E-state index in [0.717, 1.165) is 16.5 Å². The van der Waals surface area contributed by atoms with Crippen LogP contribution in [0, 0.1) is 0 Å². The first-order valence-corrected chi connectivity index (χ1v) is 9.58. The number of carbonyl (C=O) groups excluding carboxylic acids is 2. The molecule has 0 unspecified atom stereocenters. The van der Waals surface area contributed by atoms with Gasteiger partial charge in [-0.2, -0.15) is 4.37 Å². The molecular formula is C20H21N3O3S. The Labute approximate surface area is 161 Å². The molecule has 0 saturated carbocycles. The molecule has 3 aromatic rings. The molecule has 0 fully saturated rings. The SMILES string of the molecule is CCOCCCNC(=O)c1cccc(NC(=O)c2nsc3ccccc23)c1. The number of nitrogens with one attached hydrogen (secondary N) is 2. The molecule has 3 rings (SSSR count). The third-order valence-electron chi connectivity index (χ3n) is 3.93. The van der Waals surface area contributed by atoms with Crippen LogP contribution in [0.15, 0.2) is 48.5 Å². The van der Waals surface area contributed by atoms with Crippen LogP contribution in [0.1, 0.15) is 34.2 Å². The summed E-state index contributed by atoms with van der Waals surface area (Å²) in [7, 11) is 0. The van der Waals surface area contributed by atoms with Crippen LogP contribution < -0.4 is 10.6 Å². The van der Waals surface area contributed by atoms with Gasteiger partial charge in [0.15, 0.2) is 0 Å². The van der Waals surface area contributed by atoms with Gasteiger partial charge in [0.25, 0.3) is 11.8 Å². The lowest BCUT2D eigenvalue weighted by atomic mass is 10.1. The second kappa shape index (κ2) is 9.25. The van der Waals surface area contributed by atoms with Crippen molar-refractivity contribution >= 4 is 39.1 Å². The van der Waals surface area contributed by atoms with E-state index in [2.05, 4.69) is 15.0 Å². The molecule has 1 aromatic heterocycles. The van der Waals surface area contributed by atoms with Crippen LogP contribution in [0.4, 0.5) is 5.69 Å². The zero-order valence-electron chi connectivity index (χ0n) is 15.0. The van der Waals surface area contributed by atoms with E-state index in [1.54, 1.807) is 24.3 Å². The Morgan fingerprint density at radius 3 is 2.81 bits per heavy atom. The highest BCUT2D eigenvalue weighted by molar-refractivity contribution is 7.13. The van der Waals surface area contributed by atoms with Crippen LogP contribution in [0.3, 0.4) is 0 Å². The maximum atomic E-state index is 12.6. The number of hydrogen-bond donors (Lipinski definition) is 2. The van der Waals surface area contributed by atoms with Gasteiger partial charge >= 0.3 is 0 Å². The van der Waals surface area contributed by atoms with Crippen molar-refractivity contribution in [1.29, 1.82) is 0 Å². The van der Waals surface area contributed by atoms with E-state index in [1.165, 1.54) is 11.5 Å². The molecule has 0 aliphatic carbocycles. The van der Waals surface area contributed by atoms with Crippen molar-refractivity contribution in [3.63, 3.8) is 0 Å². The highest BCUT2D eigenvalue weighted by Gasteiger charge is 2.15. The number of carbonyl (C=O) groups is 2. The number of hydrogen-bond acceptors (Lipinski definition) is 5. The number of nitrogens with zero attached hydrogens (tertiary/aromatic N) is 1. The van der Waals surface area contributed by atoms with Gasteiger partial charge in [-0.05, 0) is 49.1 Å². The fraction of sp³-hybridized carbons (Fsp3) is 0.250. The van der Waals surface area contributed by atoms with Gasteiger partial charge in [-0.15, -0.1) is 0 Å². The molecule has 0 bridgehead atoms. The number of rotatable bonds is 8. The van der Waals surface area contributed by atoms with Crippen molar-refractivity contribution in [2.45, 2.75) is 13.3 Å². The van der Waals surface area contributed by atoms with Crippen molar-refractivity contribution in [2.24, 2.45) is 0 Å². The summed E-state index contributed by atoms with van der Waals surface area (Å²) < 4.78 is 10.5. The lowest BCUT2D eigenvalue weighted by Crippen LogP contribution is -2.25. The van der Waals surface area contributed by atoms with Crippen molar-refractivity contribution < 1.29 is 14.3 Å². The van der Waals surface area contributed by atoms with Gasteiger partial charge in [-0.1, -0.05) is 24.3 Å². The molecule has 2 N–H and O–H groups in total. The summed E-state index contributed by atoms with van der Waals surface area (Å²) in [5.74, 6) is -0.469. The van der Waals surface area contributed by atoms with E-state index in [1.807, 2.05) is 31.2 Å². The monoisotopic (exact) mass is 383 g/mol. The minimum absolute atomic E-state index is 0.179. The van der Waals surface area contributed by atoms with Crippen LogP contribution in [-0.2, 0) is 4.74 Å². The highest BCUT2D eigenvalue weighted by Crippen LogP contribution is 2.23. The average molecular weight is 383 g/mol. The number of amides is 2. The topological polar surface area (TPSA) is 80.3 Å². The van der Waals surface area contributed by atoms with Gasteiger partial charge in [0, 0.05) is 36.4 Å².